The van der Waals surface area contributed by atoms with Crippen molar-refractivity contribution in [2.24, 2.45) is 0 Å². The van der Waals surface area contributed by atoms with Crippen LogP contribution in [0.25, 0.3) is 22.3 Å². The summed E-state index contributed by atoms with van der Waals surface area (Å²) in [6.07, 6.45) is 5.62. The van der Waals surface area contributed by atoms with Crippen LogP contribution >= 0.6 is 0 Å². The van der Waals surface area contributed by atoms with E-state index in [0.717, 1.165) is 34.8 Å². The summed E-state index contributed by atoms with van der Waals surface area (Å²) in [4.78, 5) is 31.1. The van der Waals surface area contributed by atoms with Crippen molar-refractivity contribution < 1.29 is 18.7 Å². The standard InChI is InChI=1S/C28H31FN6O3/c1-28(2,3)38-27(36)35-10-8-22-24(16-35)33-25(18-11-19(29)15-30-13-18)34-26(22)31-9-7-17-14-32-23-12-20(37-4)5-6-21(17)23/h5-6,11-15,32H,7-10,16H2,1-4H3,(H,31,33,34). The average molecular weight is 519 g/mol. The largest absolute Gasteiger partial charge is 0.497 e. The number of halogens is 1. The molecule has 0 atom stereocenters. The number of nitrogens with one attached hydrogen (secondary N) is 2. The van der Waals surface area contributed by atoms with Crippen molar-refractivity contribution in [2.75, 3.05) is 25.5 Å². The van der Waals surface area contributed by atoms with Crippen LogP contribution in [0.3, 0.4) is 0 Å². The number of nitrogens with zero attached hydrogens (tertiary/aromatic N) is 4. The maximum Gasteiger partial charge on any atom is 0.410 e. The smallest absolute Gasteiger partial charge is 0.410 e. The number of pyridine rings is 1. The van der Waals surface area contributed by atoms with Gasteiger partial charge in [0.05, 0.1) is 25.5 Å². The minimum Gasteiger partial charge on any atom is -0.497 e. The van der Waals surface area contributed by atoms with Crippen molar-refractivity contribution in [1.29, 1.82) is 0 Å². The number of fused-ring (bicyclic) bond motifs is 2. The summed E-state index contributed by atoms with van der Waals surface area (Å²) >= 11 is 0. The highest BCUT2D eigenvalue weighted by Crippen LogP contribution is 2.29. The van der Waals surface area contributed by atoms with E-state index in [1.54, 1.807) is 12.0 Å². The summed E-state index contributed by atoms with van der Waals surface area (Å²) in [5.74, 6) is 1.36. The normalized spacial score (nSPS) is 13.3. The van der Waals surface area contributed by atoms with Crippen LogP contribution in [0.5, 0.6) is 5.75 Å². The molecule has 0 saturated carbocycles. The molecule has 1 aliphatic rings. The maximum atomic E-state index is 13.9. The zero-order valence-corrected chi connectivity index (χ0v) is 22.0. The molecule has 5 rings (SSSR count). The van der Waals surface area contributed by atoms with Crippen LogP contribution in [0.15, 0.2) is 42.9 Å². The first-order valence-corrected chi connectivity index (χ1v) is 12.6. The van der Waals surface area contributed by atoms with E-state index in [1.165, 1.54) is 17.8 Å². The van der Waals surface area contributed by atoms with Crippen molar-refractivity contribution >= 4 is 22.8 Å². The van der Waals surface area contributed by atoms with Crippen LogP contribution in [-0.4, -0.2) is 56.7 Å². The van der Waals surface area contributed by atoms with Gasteiger partial charge in [-0.25, -0.2) is 19.2 Å². The molecule has 9 nitrogen and oxygen atoms in total. The molecule has 0 bridgehead atoms. The number of aromatic nitrogens is 4. The van der Waals surface area contributed by atoms with Gasteiger partial charge in [0.15, 0.2) is 5.82 Å². The topological polar surface area (TPSA) is 105 Å². The summed E-state index contributed by atoms with van der Waals surface area (Å²) in [5.41, 5.74) is 3.71. The van der Waals surface area contributed by atoms with Gasteiger partial charge in [0, 0.05) is 53.6 Å². The molecule has 3 aromatic heterocycles. The Morgan fingerprint density at radius 2 is 2.05 bits per heavy atom. The van der Waals surface area contributed by atoms with E-state index in [0.29, 0.717) is 42.4 Å². The molecule has 1 aliphatic heterocycles. The Kier molecular flexibility index (Phi) is 6.88. The minimum atomic E-state index is -0.596. The third-order valence-corrected chi connectivity index (χ3v) is 6.34. The zero-order valence-electron chi connectivity index (χ0n) is 22.0. The van der Waals surface area contributed by atoms with Gasteiger partial charge in [-0.15, -0.1) is 0 Å². The number of H-pyrrole nitrogens is 1. The van der Waals surface area contributed by atoms with Gasteiger partial charge in [0.25, 0.3) is 0 Å². The van der Waals surface area contributed by atoms with Crippen LogP contribution in [0, 0.1) is 5.82 Å². The number of amides is 1. The lowest BCUT2D eigenvalue weighted by atomic mass is 10.0. The van der Waals surface area contributed by atoms with Gasteiger partial charge in [0.2, 0.25) is 0 Å². The van der Waals surface area contributed by atoms with Gasteiger partial charge in [-0.2, -0.15) is 0 Å². The third-order valence-electron chi connectivity index (χ3n) is 6.34. The molecule has 0 spiro atoms. The molecular weight excluding hydrogens is 487 g/mol. The molecule has 4 heterocycles. The Morgan fingerprint density at radius 1 is 1.21 bits per heavy atom. The molecule has 38 heavy (non-hydrogen) atoms. The fourth-order valence-corrected chi connectivity index (χ4v) is 4.54. The van der Waals surface area contributed by atoms with Crippen molar-refractivity contribution in [1.82, 2.24) is 24.8 Å². The second-order valence-corrected chi connectivity index (χ2v) is 10.3. The van der Waals surface area contributed by atoms with Gasteiger partial charge in [-0.3, -0.25) is 4.98 Å². The average Bonchev–Trinajstić information content (AvgIpc) is 3.29. The molecule has 1 amide bonds. The summed E-state index contributed by atoms with van der Waals surface area (Å²) < 4.78 is 24.8. The lowest BCUT2D eigenvalue weighted by molar-refractivity contribution is 0.0221. The molecule has 10 heteroatoms. The third kappa shape index (κ3) is 5.53. The number of benzene rings is 1. The van der Waals surface area contributed by atoms with Crippen molar-refractivity contribution in [2.45, 2.75) is 45.8 Å². The molecular formula is C28H31FN6O3. The quantitative estimate of drug-likeness (QED) is 0.365. The maximum absolute atomic E-state index is 13.9. The van der Waals surface area contributed by atoms with Crippen LogP contribution in [0.1, 0.15) is 37.6 Å². The fraction of sp³-hybridized carbons (Fsp3) is 0.357. The van der Waals surface area contributed by atoms with Gasteiger partial charge in [-0.05, 0) is 57.4 Å². The number of hydrogen-bond acceptors (Lipinski definition) is 7. The van der Waals surface area contributed by atoms with Crippen LogP contribution in [0.4, 0.5) is 15.0 Å². The number of anilines is 1. The second kappa shape index (κ2) is 10.3. The summed E-state index contributed by atoms with van der Waals surface area (Å²) in [7, 11) is 1.65. The number of ether oxygens (including phenoxy) is 2. The van der Waals surface area contributed by atoms with E-state index in [9.17, 15) is 9.18 Å². The zero-order chi connectivity index (χ0) is 26.9. The first-order valence-electron chi connectivity index (χ1n) is 12.6. The summed E-state index contributed by atoms with van der Waals surface area (Å²) in [5, 5.41) is 4.60. The summed E-state index contributed by atoms with van der Waals surface area (Å²) in [6.45, 7) is 6.91. The molecule has 2 N–H and O–H groups in total. The predicted molar refractivity (Wildman–Crippen MR) is 143 cm³/mol. The lowest BCUT2D eigenvalue weighted by Gasteiger charge is -2.31. The van der Waals surface area contributed by atoms with E-state index < -0.39 is 11.4 Å². The Bertz CT molecular complexity index is 1480. The van der Waals surface area contributed by atoms with E-state index >= 15 is 0 Å². The molecule has 0 fully saturated rings. The predicted octanol–water partition coefficient (Wildman–Crippen LogP) is 5.12. The Morgan fingerprint density at radius 3 is 2.82 bits per heavy atom. The van der Waals surface area contributed by atoms with Crippen molar-refractivity contribution in [3.05, 3.63) is 65.5 Å². The highest BCUT2D eigenvalue weighted by Gasteiger charge is 2.29. The van der Waals surface area contributed by atoms with Crippen LogP contribution in [-0.2, 0) is 24.1 Å². The number of methoxy groups -OCH3 is 1. The van der Waals surface area contributed by atoms with E-state index in [-0.39, 0.29) is 12.6 Å². The Balaban J connectivity index is 1.40. The van der Waals surface area contributed by atoms with Gasteiger partial charge in [0.1, 0.15) is 23.0 Å². The molecule has 4 aromatic rings. The monoisotopic (exact) mass is 518 g/mol. The Hall–Kier alpha value is -4.21. The molecule has 0 saturated heterocycles. The number of hydrogen-bond donors (Lipinski definition) is 2. The summed E-state index contributed by atoms with van der Waals surface area (Å²) in [6, 6.07) is 7.33. The van der Waals surface area contributed by atoms with Crippen molar-refractivity contribution in [3.8, 4) is 17.1 Å². The second-order valence-electron chi connectivity index (χ2n) is 10.3. The fourth-order valence-electron chi connectivity index (χ4n) is 4.54. The SMILES string of the molecule is COc1ccc2c(CCNc3nc(-c4cncc(F)c4)nc4c3CCN(C(=O)OC(C)(C)C)C4)c[nH]c2c1. The molecule has 0 unspecified atom stereocenters. The highest BCUT2D eigenvalue weighted by molar-refractivity contribution is 5.84. The minimum absolute atomic E-state index is 0.279. The number of aromatic amines is 1. The molecule has 0 radical (unpaired) electrons. The van der Waals surface area contributed by atoms with E-state index in [4.69, 9.17) is 19.4 Å². The van der Waals surface area contributed by atoms with Crippen molar-refractivity contribution in [3.63, 3.8) is 0 Å². The lowest BCUT2D eigenvalue weighted by Crippen LogP contribution is -2.40. The van der Waals surface area contributed by atoms with E-state index in [2.05, 4.69) is 15.3 Å². The highest BCUT2D eigenvalue weighted by atomic mass is 19.1. The first kappa shape index (κ1) is 25.4. The number of carbonyl (C=O) groups is 1. The van der Waals surface area contributed by atoms with Crippen LogP contribution in [0.2, 0.25) is 0 Å². The molecule has 0 aliphatic carbocycles. The van der Waals surface area contributed by atoms with E-state index in [1.807, 2.05) is 45.2 Å². The number of carbonyl (C=O) groups excluding carboxylic acids is 1. The van der Waals surface area contributed by atoms with Gasteiger partial charge < -0.3 is 24.7 Å². The first-order chi connectivity index (χ1) is 18.2. The van der Waals surface area contributed by atoms with Gasteiger partial charge >= 0.3 is 6.09 Å². The molecule has 198 valence electrons. The Labute approximate surface area is 220 Å². The van der Waals surface area contributed by atoms with Gasteiger partial charge in [-0.1, -0.05) is 0 Å². The van der Waals surface area contributed by atoms with Crippen LogP contribution < -0.4 is 10.1 Å². The molecule has 1 aromatic carbocycles. The number of rotatable bonds is 6.